The van der Waals surface area contributed by atoms with E-state index in [0.29, 0.717) is 0 Å². The van der Waals surface area contributed by atoms with Crippen LogP contribution in [0.4, 0.5) is 0 Å². The molecular formula is C19H23BrN4O. The topological polar surface area (TPSA) is 51.9 Å². The number of imidazole rings is 1. The van der Waals surface area contributed by atoms with E-state index in [1.165, 1.54) is 12.8 Å². The lowest BCUT2D eigenvalue weighted by Crippen LogP contribution is -2.30. The normalized spacial score (nSPS) is 21.2. The molecule has 132 valence electrons. The fourth-order valence-electron chi connectivity index (χ4n) is 4.23. The molecule has 0 bridgehead atoms. The summed E-state index contributed by atoms with van der Waals surface area (Å²) in [5.74, 6) is 0.722. The Morgan fingerprint density at radius 3 is 2.76 bits per heavy atom. The zero-order valence-corrected chi connectivity index (χ0v) is 16.2. The first-order chi connectivity index (χ1) is 12.1. The summed E-state index contributed by atoms with van der Waals surface area (Å²) in [7, 11) is 3.86. The molecule has 0 unspecified atom stereocenters. The van der Waals surface area contributed by atoms with Crippen LogP contribution in [0.25, 0.3) is 21.9 Å². The molecule has 0 spiro atoms. The maximum Gasteiger partial charge on any atom is 0.329 e. The number of fused-ring (bicyclic) bond motifs is 3. The summed E-state index contributed by atoms with van der Waals surface area (Å²) in [6.45, 7) is 1.07. The fourth-order valence-corrected chi connectivity index (χ4v) is 4.59. The minimum atomic E-state index is 0.0707. The molecule has 1 fully saturated rings. The zero-order chi connectivity index (χ0) is 17.6. The van der Waals surface area contributed by atoms with Crippen LogP contribution in [0.3, 0.4) is 0 Å². The van der Waals surface area contributed by atoms with Crippen LogP contribution in [0.5, 0.6) is 0 Å². The number of pyridine rings is 1. The van der Waals surface area contributed by atoms with Gasteiger partial charge in [0.1, 0.15) is 0 Å². The molecule has 2 aromatic heterocycles. The number of aryl methyl sites for hydroxylation is 1. The maximum absolute atomic E-state index is 13.0. The molecule has 5 nitrogen and oxygen atoms in total. The zero-order valence-electron chi connectivity index (χ0n) is 14.6. The first kappa shape index (κ1) is 16.8. The highest BCUT2D eigenvalue weighted by Gasteiger charge is 2.26. The summed E-state index contributed by atoms with van der Waals surface area (Å²) in [5, 5.41) is 4.32. The van der Waals surface area contributed by atoms with Crippen LogP contribution in [0, 0.1) is 5.92 Å². The summed E-state index contributed by atoms with van der Waals surface area (Å²) < 4.78 is 4.78. The highest BCUT2D eigenvalue weighted by atomic mass is 79.9. The second-order valence-electron chi connectivity index (χ2n) is 7.10. The van der Waals surface area contributed by atoms with E-state index in [1.807, 2.05) is 37.0 Å². The molecule has 1 N–H and O–H groups in total. The fraction of sp³-hybridized carbons (Fsp3) is 0.474. The first-order valence-electron chi connectivity index (χ1n) is 8.90. The van der Waals surface area contributed by atoms with E-state index in [0.717, 1.165) is 51.7 Å². The molecule has 0 amide bonds. The number of benzene rings is 1. The van der Waals surface area contributed by atoms with Crippen molar-refractivity contribution < 1.29 is 0 Å². The Balaban J connectivity index is 1.87. The quantitative estimate of drug-likeness (QED) is 0.727. The molecule has 0 atom stereocenters. The molecule has 0 aliphatic heterocycles. The van der Waals surface area contributed by atoms with E-state index >= 15 is 0 Å². The van der Waals surface area contributed by atoms with Gasteiger partial charge in [0.05, 0.1) is 22.7 Å². The number of hydrogen-bond acceptors (Lipinski definition) is 3. The molecule has 25 heavy (non-hydrogen) atoms. The van der Waals surface area contributed by atoms with Crippen molar-refractivity contribution in [3.05, 3.63) is 39.4 Å². The van der Waals surface area contributed by atoms with Crippen LogP contribution in [0.1, 0.15) is 31.7 Å². The number of rotatable bonds is 3. The van der Waals surface area contributed by atoms with Crippen LogP contribution in [0.15, 0.2) is 33.7 Å². The molecule has 1 aromatic carbocycles. The van der Waals surface area contributed by atoms with Gasteiger partial charge in [0.25, 0.3) is 0 Å². The summed E-state index contributed by atoms with van der Waals surface area (Å²) in [5.41, 5.74) is 2.93. The highest BCUT2D eigenvalue weighted by molar-refractivity contribution is 9.10. The minimum Gasteiger partial charge on any atom is -0.319 e. The van der Waals surface area contributed by atoms with Crippen molar-refractivity contribution in [2.24, 2.45) is 13.0 Å². The minimum absolute atomic E-state index is 0.0707. The van der Waals surface area contributed by atoms with Crippen LogP contribution >= 0.6 is 15.9 Å². The Bertz CT molecular complexity index is 982. The van der Waals surface area contributed by atoms with Gasteiger partial charge in [-0.1, -0.05) is 15.9 Å². The van der Waals surface area contributed by atoms with E-state index in [-0.39, 0.29) is 11.7 Å². The number of halogens is 1. The highest BCUT2D eigenvalue weighted by Crippen LogP contribution is 2.35. The van der Waals surface area contributed by atoms with E-state index in [2.05, 4.69) is 32.3 Å². The molecule has 1 saturated carbocycles. The Hall–Kier alpha value is -1.66. The molecule has 0 radical (unpaired) electrons. The molecule has 0 saturated heterocycles. The molecule has 4 rings (SSSR count). The lowest BCUT2D eigenvalue weighted by atomic mass is 9.86. The Morgan fingerprint density at radius 2 is 2.04 bits per heavy atom. The van der Waals surface area contributed by atoms with Crippen molar-refractivity contribution in [1.82, 2.24) is 19.4 Å². The number of nitrogens with zero attached hydrogens (tertiary/aromatic N) is 3. The van der Waals surface area contributed by atoms with E-state index in [9.17, 15) is 4.79 Å². The van der Waals surface area contributed by atoms with E-state index in [1.54, 1.807) is 4.57 Å². The molecule has 3 aromatic rings. The molecule has 2 heterocycles. The van der Waals surface area contributed by atoms with Gasteiger partial charge in [-0.05, 0) is 63.4 Å². The number of aromatic nitrogens is 3. The van der Waals surface area contributed by atoms with Crippen molar-refractivity contribution in [1.29, 1.82) is 0 Å². The number of nitrogens with one attached hydrogen (secondary N) is 1. The van der Waals surface area contributed by atoms with Crippen molar-refractivity contribution >= 4 is 37.9 Å². The van der Waals surface area contributed by atoms with Gasteiger partial charge in [-0.15, -0.1) is 0 Å². The van der Waals surface area contributed by atoms with Gasteiger partial charge in [-0.25, -0.2) is 4.79 Å². The van der Waals surface area contributed by atoms with Crippen molar-refractivity contribution in [3.63, 3.8) is 0 Å². The van der Waals surface area contributed by atoms with Gasteiger partial charge in [0.15, 0.2) is 0 Å². The second-order valence-corrected chi connectivity index (χ2v) is 8.01. The molecule has 6 heteroatoms. The smallest absolute Gasteiger partial charge is 0.319 e. The third-order valence-corrected chi connectivity index (χ3v) is 6.05. The lowest BCUT2D eigenvalue weighted by Gasteiger charge is -2.29. The predicted molar refractivity (Wildman–Crippen MR) is 105 cm³/mol. The van der Waals surface area contributed by atoms with Gasteiger partial charge in [-0.3, -0.25) is 14.1 Å². The van der Waals surface area contributed by atoms with Gasteiger partial charge < -0.3 is 5.32 Å². The van der Waals surface area contributed by atoms with Crippen molar-refractivity contribution in [2.75, 3.05) is 13.6 Å². The maximum atomic E-state index is 13.0. The number of hydrogen-bond donors (Lipinski definition) is 1. The summed E-state index contributed by atoms with van der Waals surface area (Å²) >= 11 is 3.56. The average Bonchev–Trinajstić information content (AvgIpc) is 2.88. The van der Waals surface area contributed by atoms with E-state index < -0.39 is 0 Å². The first-order valence-corrected chi connectivity index (χ1v) is 9.69. The average molecular weight is 403 g/mol. The van der Waals surface area contributed by atoms with Gasteiger partial charge in [-0.2, -0.15) is 0 Å². The predicted octanol–water partition coefficient (Wildman–Crippen LogP) is 3.60. The monoisotopic (exact) mass is 402 g/mol. The van der Waals surface area contributed by atoms with Crippen LogP contribution in [-0.2, 0) is 7.05 Å². The standard InChI is InChI=1S/C19H23BrN4O/c1-21-10-12-3-6-14(7-4-12)24-18-15-9-13(20)5-8-16(15)22-11-17(18)23(2)19(24)25/h5,8-9,11-12,14,21H,3-4,6-7,10H2,1-2H3/t12-,14-. The third-order valence-electron chi connectivity index (χ3n) is 5.55. The molecule has 1 aliphatic rings. The van der Waals surface area contributed by atoms with Crippen molar-refractivity contribution in [3.8, 4) is 0 Å². The van der Waals surface area contributed by atoms with Crippen molar-refractivity contribution in [2.45, 2.75) is 31.7 Å². The summed E-state index contributed by atoms with van der Waals surface area (Å²) in [6.07, 6.45) is 6.28. The Kier molecular flexibility index (Phi) is 4.41. The van der Waals surface area contributed by atoms with Gasteiger partial charge in [0.2, 0.25) is 0 Å². The summed E-state index contributed by atoms with van der Waals surface area (Å²) in [6, 6.07) is 6.35. The second kappa shape index (κ2) is 6.57. The molecule has 1 aliphatic carbocycles. The van der Waals surface area contributed by atoms with Gasteiger partial charge in [0, 0.05) is 22.9 Å². The third kappa shape index (κ3) is 2.81. The SMILES string of the molecule is CNC[C@H]1CC[C@H](n2c(=O)n(C)c3cnc4ccc(Br)cc4c32)CC1. The largest absolute Gasteiger partial charge is 0.329 e. The van der Waals surface area contributed by atoms with Gasteiger partial charge >= 0.3 is 5.69 Å². The Morgan fingerprint density at radius 1 is 1.28 bits per heavy atom. The Labute approximate surface area is 155 Å². The van der Waals surface area contributed by atoms with Crippen LogP contribution in [0.2, 0.25) is 0 Å². The lowest BCUT2D eigenvalue weighted by molar-refractivity contribution is 0.271. The summed E-state index contributed by atoms with van der Waals surface area (Å²) in [4.78, 5) is 17.5. The van der Waals surface area contributed by atoms with Crippen LogP contribution in [-0.4, -0.2) is 27.7 Å². The van der Waals surface area contributed by atoms with E-state index in [4.69, 9.17) is 0 Å². The molecular weight excluding hydrogens is 380 g/mol. The van der Waals surface area contributed by atoms with Crippen LogP contribution < -0.4 is 11.0 Å².